The number of carbonyl (C=O) groups is 1. The summed E-state index contributed by atoms with van der Waals surface area (Å²) in [7, 11) is -4.14. The smallest absolute Gasteiger partial charge is 0.368 e. The van der Waals surface area contributed by atoms with Gasteiger partial charge in [0, 0.05) is 31.9 Å². The first-order valence-electron chi connectivity index (χ1n) is 10.1. The fraction of sp³-hybridized carbons (Fsp3) is 0.381. The van der Waals surface area contributed by atoms with Crippen LogP contribution in [0.15, 0.2) is 42.5 Å². The van der Waals surface area contributed by atoms with Crippen LogP contribution in [0.2, 0.25) is 5.02 Å². The van der Waals surface area contributed by atoms with Gasteiger partial charge in [0.15, 0.2) is 0 Å². The van der Waals surface area contributed by atoms with Crippen LogP contribution in [-0.2, 0) is 27.2 Å². The van der Waals surface area contributed by atoms with Gasteiger partial charge in [-0.3, -0.25) is 9.10 Å². The molecule has 2 aromatic rings. The van der Waals surface area contributed by atoms with E-state index in [4.69, 9.17) is 11.6 Å². The van der Waals surface area contributed by atoms with Crippen molar-refractivity contribution in [3.63, 3.8) is 0 Å². The number of carbonyl (C=O) groups excluding carboxylic acids is 1. The van der Waals surface area contributed by atoms with E-state index in [2.05, 4.69) is 0 Å². The lowest BCUT2D eigenvalue weighted by molar-refractivity contribution is -0.138. The number of rotatable bonds is 5. The van der Waals surface area contributed by atoms with Crippen molar-refractivity contribution in [3.8, 4) is 0 Å². The second-order valence-electron chi connectivity index (χ2n) is 7.85. The van der Waals surface area contributed by atoms with Gasteiger partial charge in [-0.15, -0.1) is 0 Å². The Morgan fingerprint density at radius 2 is 1.60 bits per heavy atom. The maximum Gasteiger partial charge on any atom is 0.417 e. The monoisotopic (exact) mass is 543 g/mol. The standard InChI is InChI=1S/C21H20ClF6N3O3S/c1-35(33,34)31(16-5-6-18(22)17(12-16)21(26,27)28)13-19(32)30-9-7-29(8-10-30)15-4-2-3-14(11-15)20(23,24)25/h2-6,11-12H,7-10,13H2,1H3. The second-order valence-corrected chi connectivity index (χ2v) is 10.2. The average Bonchev–Trinajstić information content (AvgIpc) is 2.76. The van der Waals surface area contributed by atoms with Gasteiger partial charge in [-0.05, 0) is 36.4 Å². The molecule has 1 heterocycles. The first-order chi connectivity index (χ1) is 16.1. The van der Waals surface area contributed by atoms with Gasteiger partial charge in [0.25, 0.3) is 0 Å². The van der Waals surface area contributed by atoms with Crippen LogP contribution in [0.1, 0.15) is 11.1 Å². The van der Waals surface area contributed by atoms with Crippen molar-refractivity contribution >= 4 is 38.9 Å². The minimum Gasteiger partial charge on any atom is -0.368 e. The van der Waals surface area contributed by atoms with E-state index in [9.17, 15) is 39.6 Å². The van der Waals surface area contributed by atoms with Crippen molar-refractivity contribution in [2.45, 2.75) is 12.4 Å². The number of hydrogen-bond donors (Lipinski definition) is 0. The van der Waals surface area contributed by atoms with Gasteiger partial charge in [0.05, 0.1) is 28.1 Å². The average molecular weight is 544 g/mol. The van der Waals surface area contributed by atoms with Gasteiger partial charge in [0.1, 0.15) is 6.54 Å². The molecule has 192 valence electrons. The maximum absolute atomic E-state index is 13.2. The summed E-state index contributed by atoms with van der Waals surface area (Å²) in [5.41, 5.74) is -2.10. The molecular weight excluding hydrogens is 524 g/mol. The van der Waals surface area contributed by atoms with E-state index in [0.29, 0.717) is 16.1 Å². The molecule has 1 aliphatic heterocycles. The fourth-order valence-corrected chi connectivity index (χ4v) is 4.67. The first kappa shape index (κ1) is 26.9. The number of sulfonamides is 1. The van der Waals surface area contributed by atoms with Crippen LogP contribution in [0.3, 0.4) is 0 Å². The summed E-state index contributed by atoms with van der Waals surface area (Å²) >= 11 is 5.60. The van der Waals surface area contributed by atoms with Crippen molar-refractivity contribution in [2.24, 2.45) is 0 Å². The minimum absolute atomic E-state index is 0.0844. The molecule has 6 nitrogen and oxygen atoms in total. The quantitative estimate of drug-likeness (QED) is 0.521. The Kier molecular flexibility index (Phi) is 7.51. The van der Waals surface area contributed by atoms with Gasteiger partial charge < -0.3 is 9.80 Å². The predicted molar refractivity (Wildman–Crippen MR) is 119 cm³/mol. The zero-order chi connectivity index (χ0) is 26.2. The molecule has 0 aliphatic carbocycles. The number of hydrogen-bond acceptors (Lipinski definition) is 4. The molecule has 1 fully saturated rings. The number of anilines is 2. The van der Waals surface area contributed by atoms with E-state index in [1.165, 1.54) is 17.0 Å². The molecule has 0 saturated carbocycles. The molecule has 0 unspecified atom stereocenters. The highest BCUT2D eigenvalue weighted by Gasteiger charge is 2.35. The van der Waals surface area contributed by atoms with Crippen molar-refractivity contribution in [1.82, 2.24) is 4.90 Å². The Bertz CT molecular complexity index is 1200. The van der Waals surface area contributed by atoms with Crippen LogP contribution in [0.4, 0.5) is 37.7 Å². The number of benzene rings is 2. The first-order valence-corrected chi connectivity index (χ1v) is 12.3. The third kappa shape index (κ3) is 6.51. The summed E-state index contributed by atoms with van der Waals surface area (Å²) in [6.45, 7) is -0.209. The van der Waals surface area contributed by atoms with Crippen molar-refractivity contribution in [2.75, 3.05) is 48.2 Å². The van der Waals surface area contributed by atoms with Gasteiger partial charge in [-0.25, -0.2) is 8.42 Å². The summed E-state index contributed by atoms with van der Waals surface area (Å²) in [5.74, 6) is -0.664. The Morgan fingerprint density at radius 1 is 0.971 bits per heavy atom. The summed E-state index contributed by atoms with van der Waals surface area (Å²) in [6.07, 6.45) is -8.58. The maximum atomic E-state index is 13.2. The Morgan fingerprint density at radius 3 is 2.14 bits per heavy atom. The van der Waals surface area contributed by atoms with Gasteiger partial charge in [-0.1, -0.05) is 17.7 Å². The van der Waals surface area contributed by atoms with Crippen LogP contribution in [0.25, 0.3) is 0 Å². The predicted octanol–water partition coefficient (Wildman–Crippen LogP) is 4.49. The highest BCUT2D eigenvalue weighted by Crippen LogP contribution is 2.37. The Hall–Kier alpha value is -2.67. The Labute approximate surface area is 202 Å². The molecule has 2 aromatic carbocycles. The Balaban J connectivity index is 1.73. The van der Waals surface area contributed by atoms with E-state index < -0.39 is 51.0 Å². The van der Waals surface area contributed by atoms with Crippen LogP contribution in [0.5, 0.6) is 0 Å². The van der Waals surface area contributed by atoms with E-state index in [0.717, 1.165) is 30.5 Å². The van der Waals surface area contributed by atoms with E-state index in [-0.39, 0.29) is 31.9 Å². The summed E-state index contributed by atoms with van der Waals surface area (Å²) < 4.78 is 104. The topological polar surface area (TPSA) is 60.9 Å². The highest BCUT2D eigenvalue weighted by atomic mass is 35.5. The molecule has 0 bridgehead atoms. The lowest BCUT2D eigenvalue weighted by Crippen LogP contribution is -2.52. The molecule has 3 rings (SSSR count). The lowest BCUT2D eigenvalue weighted by atomic mass is 10.1. The molecule has 0 N–H and O–H groups in total. The summed E-state index contributed by atoms with van der Waals surface area (Å²) in [6, 6.07) is 7.26. The molecule has 0 spiro atoms. The molecule has 0 aromatic heterocycles. The van der Waals surface area contributed by atoms with Crippen molar-refractivity contribution < 1.29 is 39.6 Å². The largest absolute Gasteiger partial charge is 0.417 e. The fourth-order valence-electron chi connectivity index (χ4n) is 3.60. The molecule has 1 aliphatic rings. The molecule has 0 atom stereocenters. The minimum atomic E-state index is -4.83. The van der Waals surface area contributed by atoms with Crippen LogP contribution in [0, 0.1) is 0 Å². The highest BCUT2D eigenvalue weighted by molar-refractivity contribution is 7.92. The molecule has 1 saturated heterocycles. The number of piperazine rings is 1. The molecule has 0 radical (unpaired) electrons. The third-order valence-electron chi connectivity index (χ3n) is 5.39. The SMILES string of the molecule is CS(=O)(=O)N(CC(=O)N1CCN(c2cccc(C(F)(F)F)c2)CC1)c1ccc(Cl)c(C(F)(F)F)c1. The van der Waals surface area contributed by atoms with Gasteiger partial charge in [-0.2, -0.15) is 26.3 Å². The number of amides is 1. The van der Waals surface area contributed by atoms with Crippen molar-refractivity contribution in [1.29, 1.82) is 0 Å². The number of alkyl halides is 6. The lowest BCUT2D eigenvalue weighted by Gasteiger charge is -2.37. The number of halogens is 7. The molecule has 1 amide bonds. The van der Waals surface area contributed by atoms with Crippen LogP contribution < -0.4 is 9.21 Å². The molecule has 35 heavy (non-hydrogen) atoms. The van der Waals surface area contributed by atoms with Gasteiger partial charge >= 0.3 is 12.4 Å². The normalized spacial score (nSPS) is 15.3. The van der Waals surface area contributed by atoms with E-state index in [1.807, 2.05) is 0 Å². The molecular formula is C21H20ClF6N3O3S. The molecule has 14 heteroatoms. The third-order valence-corrected chi connectivity index (χ3v) is 6.86. The van der Waals surface area contributed by atoms with Crippen LogP contribution >= 0.6 is 11.6 Å². The van der Waals surface area contributed by atoms with Crippen LogP contribution in [-0.4, -0.2) is 58.2 Å². The van der Waals surface area contributed by atoms with E-state index >= 15 is 0 Å². The van der Waals surface area contributed by atoms with E-state index in [1.54, 1.807) is 4.90 Å². The second kappa shape index (κ2) is 9.76. The van der Waals surface area contributed by atoms with Crippen molar-refractivity contribution in [3.05, 3.63) is 58.6 Å². The summed E-state index contributed by atoms with van der Waals surface area (Å²) in [5, 5.41) is -0.619. The summed E-state index contributed by atoms with van der Waals surface area (Å²) in [4.78, 5) is 15.8. The number of nitrogens with zero attached hydrogens (tertiary/aromatic N) is 3. The van der Waals surface area contributed by atoms with Gasteiger partial charge in [0.2, 0.25) is 15.9 Å². The zero-order valence-electron chi connectivity index (χ0n) is 18.2. The zero-order valence-corrected chi connectivity index (χ0v) is 19.8.